The number of anilines is 2. The van der Waals surface area contributed by atoms with Gasteiger partial charge in [-0.15, -0.1) is 0 Å². The molecule has 5 rings (SSSR count). The Bertz CT molecular complexity index is 1400. The summed E-state index contributed by atoms with van der Waals surface area (Å²) >= 11 is 0. The molecule has 1 saturated carbocycles. The quantitative estimate of drug-likeness (QED) is 0.442. The molecule has 3 aromatic rings. The van der Waals surface area contributed by atoms with Gasteiger partial charge in [-0.3, -0.25) is 4.79 Å². The van der Waals surface area contributed by atoms with Gasteiger partial charge in [0.15, 0.2) is 11.5 Å². The fraction of sp³-hybridized carbons (Fsp3) is 0.296. The molecule has 0 saturated heterocycles. The summed E-state index contributed by atoms with van der Waals surface area (Å²) in [4.78, 5) is 12.8. The van der Waals surface area contributed by atoms with E-state index < -0.39 is 40.1 Å². The number of benzene rings is 3. The van der Waals surface area contributed by atoms with E-state index in [0.29, 0.717) is 37.7 Å². The first-order valence-electron chi connectivity index (χ1n) is 12.1. The molecule has 38 heavy (non-hydrogen) atoms. The first kappa shape index (κ1) is 26.1. The zero-order chi connectivity index (χ0) is 27.1. The molecule has 1 fully saturated rings. The van der Waals surface area contributed by atoms with E-state index in [2.05, 4.69) is 9.46 Å². The lowest BCUT2D eigenvalue weighted by Crippen LogP contribution is -2.56. The topological polar surface area (TPSA) is 105 Å². The SMILES string of the molecule is CC(=O)C(F)(F)Oc1ccc(S(=O)(=O)N[C@@H]2CCC[C@H](N3c4ccccc4Oc4ccccc43)[C@H]2O)cc1. The highest BCUT2D eigenvalue weighted by Gasteiger charge is 2.41. The molecule has 0 aromatic heterocycles. The van der Waals surface area contributed by atoms with E-state index in [1.165, 1.54) is 0 Å². The molecule has 0 radical (unpaired) electrons. The van der Waals surface area contributed by atoms with Crippen LogP contribution in [0.4, 0.5) is 20.2 Å². The summed E-state index contributed by atoms with van der Waals surface area (Å²) < 4.78 is 66.4. The predicted octanol–water partition coefficient (Wildman–Crippen LogP) is 4.75. The Labute approximate surface area is 218 Å². The molecule has 2 N–H and O–H groups in total. The molecule has 8 nitrogen and oxygen atoms in total. The Morgan fingerprint density at radius 3 is 2.16 bits per heavy atom. The second kappa shape index (κ2) is 9.97. The van der Waals surface area contributed by atoms with Gasteiger partial charge in [0.05, 0.1) is 34.5 Å². The van der Waals surface area contributed by atoms with Crippen LogP contribution >= 0.6 is 0 Å². The fourth-order valence-electron chi connectivity index (χ4n) is 4.83. The van der Waals surface area contributed by atoms with Gasteiger partial charge in [0.1, 0.15) is 5.75 Å². The van der Waals surface area contributed by atoms with Gasteiger partial charge >= 0.3 is 6.11 Å². The van der Waals surface area contributed by atoms with Crippen molar-refractivity contribution in [2.75, 3.05) is 4.90 Å². The zero-order valence-corrected chi connectivity index (χ0v) is 21.2. The maximum absolute atomic E-state index is 13.6. The van der Waals surface area contributed by atoms with Crippen molar-refractivity contribution in [1.82, 2.24) is 4.72 Å². The summed E-state index contributed by atoms with van der Waals surface area (Å²) in [7, 11) is -4.11. The lowest BCUT2D eigenvalue weighted by Gasteiger charge is -2.44. The van der Waals surface area contributed by atoms with Gasteiger partial charge < -0.3 is 19.5 Å². The van der Waals surface area contributed by atoms with E-state index in [4.69, 9.17) is 4.74 Å². The molecule has 200 valence electrons. The van der Waals surface area contributed by atoms with Crippen LogP contribution in [0.2, 0.25) is 0 Å². The molecule has 2 aliphatic rings. The number of halogens is 2. The molecule has 0 spiro atoms. The van der Waals surface area contributed by atoms with E-state index in [0.717, 1.165) is 35.6 Å². The normalized spacial score (nSPS) is 21.2. The molecule has 1 heterocycles. The smallest absolute Gasteiger partial charge is 0.453 e. The maximum atomic E-state index is 13.6. The number of ether oxygens (including phenoxy) is 2. The number of carbonyl (C=O) groups excluding carboxylic acids is 1. The van der Waals surface area contributed by atoms with E-state index in [1.807, 2.05) is 53.4 Å². The van der Waals surface area contributed by atoms with Crippen LogP contribution < -0.4 is 19.1 Å². The summed E-state index contributed by atoms with van der Waals surface area (Å²) in [6.45, 7) is 0.694. The van der Waals surface area contributed by atoms with Crippen molar-refractivity contribution in [2.45, 2.75) is 55.4 Å². The van der Waals surface area contributed by atoms with Crippen LogP contribution in [0.1, 0.15) is 26.2 Å². The molecular weight excluding hydrogens is 518 g/mol. The van der Waals surface area contributed by atoms with Gasteiger partial charge in [-0.25, -0.2) is 13.1 Å². The Morgan fingerprint density at radius 1 is 1.00 bits per heavy atom. The number of hydrogen-bond donors (Lipinski definition) is 2. The summed E-state index contributed by atoms with van der Waals surface area (Å²) in [6, 6.07) is 18.0. The molecule has 0 unspecified atom stereocenters. The number of Topliss-reactive ketones (excluding diaryl/α,β-unsaturated/α-hetero) is 1. The average Bonchev–Trinajstić information content (AvgIpc) is 2.88. The number of nitrogens with zero attached hydrogens (tertiary/aromatic N) is 1. The number of rotatable bonds is 7. The summed E-state index contributed by atoms with van der Waals surface area (Å²) in [6.07, 6.45) is -3.38. The van der Waals surface area contributed by atoms with Crippen LogP contribution in [0.25, 0.3) is 0 Å². The minimum Gasteiger partial charge on any atom is -0.453 e. The number of aliphatic hydroxyl groups excluding tert-OH is 1. The molecule has 3 atom stereocenters. The standard InChI is InChI=1S/C27H26F2N2O6S/c1-17(32)27(28,29)37-18-13-15-19(16-14-18)38(34,35)30-20-7-6-10-23(26(20)33)31-21-8-2-4-11-24(21)36-25-12-5-3-9-22(25)31/h2-5,8-9,11-16,20,23,26,30,33H,6-7,10H2,1H3/t20-,23+,26+/m1/s1. The molecule has 0 bridgehead atoms. The highest BCUT2D eigenvalue weighted by atomic mass is 32.2. The Balaban J connectivity index is 1.37. The zero-order valence-electron chi connectivity index (χ0n) is 20.4. The Hall–Kier alpha value is -3.54. The number of para-hydroxylation sites is 4. The van der Waals surface area contributed by atoms with Crippen LogP contribution in [0.5, 0.6) is 17.2 Å². The molecular formula is C27H26F2N2O6S. The van der Waals surface area contributed by atoms with Crippen molar-refractivity contribution in [3.63, 3.8) is 0 Å². The predicted molar refractivity (Wildman–Crippen MR) is 136 cm³/mol. The number of sulfonamides is 1. The van der Waals surface area contributed by atoms with Gasteiger partial charge in [-0.1, -0.05) is 24.3 Å². The second-order valence-electron chi connectivity index (χ2n) is 9.27. The van der Waals surface area contributed by atoms with Crippen LogP contribution in [0.3, 0.4) is 0 Å². The van der Waals surface area contributed by atoms with Gasteiger partial charge in [0.25, 0.3) is 0 Å². The number of hydrogen-bond acceptors (Lipinski definition) is 7. The molecule has 1 aliphatic heterocycles. The van der Waals surface area contributed by atoms with Crippen molar-refractivity contribution in [3.8, 4) is 17.2 Å². The van der Waals surface area contributed by atoms with Gasteiger partial charge in [-0.2, -0.15) is 8.78 Å². The van der Waals surface area contributed by atoms with E-state index in [9.17, 15) is 27.1 Å². The van der Waals surface area contributed by atoms with Gasteiger partial charge in [-0.05, 0) is 67.8 Å². The number of ketones is 1. The van der Waals surface area contributed by atoms with Gasteiger partial charge in [0, 0.05) is 6.92 Å². The third-order valence-electron chi connectivity index (χ3n) is 6.72. The van der Waals surface area contributed by atoms with Crippen LogP contribution in [0, 0.1) is 0 Å². The number of nitrogens with one attached hydrogen (secondary N) is 1. The molecule has 11 heteroatoms. The van der Waals surface area contributed by atoms with Crippen LogP contribution in [0.15, 0.2) is 77.7 Å². The van der Waals surface area contributed by atoms with Crippen LogP contribution in [-0.4, -0.2) is 43.6 Å². The summed E-state index contributed by atoms with van der Waals surface area (Å²) in [5, 5.41) is 11.4. The minimum absolute atomic E-state index is 0.188. The molecule has 1 aliphatic carbocycles. The Kier molecular flexibility index (Phi) is 6.84. The van der Waals surface area contributed by atoms with Crippen molar-refractivity contribution >= 4 is 27.2 Å². The lowest BCUT2D eigenvalue weighted by molar-refractivity contribution is -0.188. The summed E-state index contributed by atoms with van der Waals surface area (Å²) in [5.41, 5.74) is 1.55. The highest BCUT2D eigenvalue weighted by molar-refractivity contribution is 7.89. The summed E-state index contributed by atoms with van der Waals surface area (Å²) in [5.74, 6) is -0.550. The van der Waals surface area contributed by atoms with E-state index >= 15 is 0 Å². The Morgan fingerprint density at radius 2 is 1.58 bits per heavy atom. The third kappa shape index (κ3) is 4.96. The first-order valence-corrected chi connectivity index (χ1v) is 13.6. The molecule has 3 aromatic carbocycles. The first-order chi connectivity index (χ1) is 18.1. The lowest BCUT2D eigenvalue weighted by atomic mass is 9.86. The maximum Gasteiger partial charge on any atom is 0.460 e. The monoisotopic (exact) mass is 544 g/mol. The number of alkyl halides is 2. The number of carbonyl (C=O) groups is 1. The van der Waals surface area contributed by atoms with Crippen molar-refractivity contribution < 1.29 is 36.6 Å². The van der Waals surface area contributed by atoms with Crippen molar-refractivity contribution in [1.29, 1.82) is 0 Å². The van der Waals surface area contributed by atoms with E-state index in [1.54, 1.807) is 0 Å². The van der Waals surface area contributed by atoms with Crippen molar-refractivity contribution in [3.05, 3.63) is 72.8 Å². The van der Waals surface area contributed by atoms with Gasteiger partial charge in [0.2, 0.25) is 15.8 Å². The second-order valence-corrected chi connectivity index (χ2v) is 11.0. The van der Waals surface area contributed by atoms with E-state index in [-0.39, 0.29) is 10.6 Å². The number of fused-ring (bicyclic) bond motifs is 2. The minimum atomic E-state index is -4.11. The highest BCUT2D eigenvalue weighted by Crippen LogP contribution is 2.49. The average molecular weight is 545 g/mol. The number of aliphatic hydroxyl groups is 1. The third-order valence-corrected chi connectivity index (χ3v) is 8.22. The fourth-order valence-corrected chi connectivity index (χ4v) is 6.12. The largest absolute Gasteiger partial charge is 0.460 e. The molecule has 0 amide bonds. The van der Waals surface area contributed by atoms with Crippen molar-refractivity contribution in [2.24, 2.45) is 0 Å². The van der Waals surface area contributed by atoms with Crippen LogP contribution in [-0.2, 0) is 14.8 Å².